The van der Waals surface area contributed by atoms with Crippen LogP contribution in [0.2, 0.25) is 0 Å². The highest BCUT2D eigenvalue weighted by atomic mass is 16.5. The largest absolute Gasteiger partial charge is 0.493 e. The molecule has 1 heterocycles. The topological polar surface area (TPSA) is 117 Å². The minimum Gasteiger partial charge on any atom is -0.493 e. The summed E-state index contributed by atoms with van der Waals surface area (Å²) in [6, 6.07) is 12.0. The Balaban J connectivity index is 1.63. The van der Waals surface area contributed by atoms with Gasteiger partial charge < -0.3 is 25.2 Å². The lowest BCUT2D eigenvalue weighted by atomic mass is 10.1. The number of carbonyl (C=O) groups excluding carboxylic acids is 3. The molecule has 2 atom stereocenters. The van der Waals surface area contributed by atoms with Crippen molar-refractivity contribution in [2.75, 3.05) is 20.8 Å². The minimum absolute atomic E-state index is 0.0341. The van der Waals surface area contributed by atoms with Gasteiger partial charge >= 0.3 is 6.03 Å². The molecule has 0 unspecified atom stereocenters. The van der Waals surface area contributed by atoms with E-state index in [0.717, 1.165) is 10.5 Å². The zero-order valence-electron chi connectivity index (χ0n) is 17.3. The van der Waals surface area contributed by atoms with Crippen molar-refractivity contribution in [3.63, 3.8) is 0 Å². The van der Waals surface area contributed by atoms with Gasteiger partial charge in [0.1, 0.15) is 6.04 Å². The van der Waals surface area contributed by atoms with E-state index in [9.17, 15) is 19.5 Å². The van der Waals surface area contributed by atoms with E-state index in [2.05, 4.69) is 10.6 Å². The molecule has 0 radical (unpaired) electrons. The third-order valence-electron chi connectivity index (χ3n) is 5.00. The molecule has 1 saturated heterocycles. The number of rotatable bonds is 9. The highest BCUT2D eigenvalue weighted by Gasteiger charge is 2.39. The van der Waals surface area contributed by atoms with Crippen LogP contribution in [0, 0.1) is 0 Å². The van der Waals surface area contributed by atoms with Crippen molar-refractivity contribution >= 4 is 17.8 Å². The van der Waals surface area contributed by atoms with E-state index in [1.165, 1.54) is 14.2 Å². The summed E-state index contributed by atoms with van der Waals surface area (Å²) in [6.07, 6.45) is -0.226. The van der Waals surface area contributed by atoms with Crippen LogP contribution in [0.25, 0.3) is 0 Å². The standard InChI is InChI=1S/C22H25N3O6/c1-30-18-9-8-14(10-19(18)31-2)12-25-21(28)16(24-22(25)29)11-20(27)23-17(13-26)15-6-4-3-5-7-15/h3-10,16-17,26H,11-13H2,1-2H3,(H,23,27)(H,24,29)/t16-,17+/m0/s1. The fourth-order valence-corrected chi connectivity index (χ4v) is 3.38. The van der Waals surface area contributed by atoms with Gasteiger partial charge in [-0.2, -0.15) is 0 Å². The van der Waals surface area contributed by atoms with Gasteiger partial charge in [0.05, 0.1) is 39.8 Å². The number of benzene rings is 2. The van der Waals surface area contributed by atoms with Crippen LogP contribution >= 0.6 is 0 Å². The molecular weight excluding hydrogens is 402 g/mol. The molecule has 1 aliphatic heterocycles. The number of hydrogen-bond acceptors (Lipinski definition) is 6. The second kappa shape index (κ2) is 9.94. The van der Waals surface area contributed by atoms with Crippen molar-refractivity contribution < 1.29 is 29.0 Å². The molecule has 4 amide bonds. The smallest absolute Gasteiger partial charge is 0.325 e. The maximum atomic E-state index is 12.7. The lowest BCUT2D eigenvalue weighted by Crippen LogP contribution is -2.38. The first kappa shape index (κ1) is 22.1. The summed E-state index contributed by atoms with van der Waals surface area (Å²) >= 11 is 0. The Morgan fingerprint density at radius 1 is 1.13 bits per heavy atom. The monoisotopic (exact) mass is 427 g/mol. The van der Waals surface area contributed by atoms with Crippen LogP contribution in [0.1, 0.15) is 23.6 Å². The molecule has 0 bridgehead atoms. The highest BCUT2D eigenvalue weighted by molar-refractivity contribution is 6.05. The number of imide groups is 1. The maximum Gasteiger partial charge on any atom is 0.325 e. The summed E-state index contributed by atoms with van der Waals surface area (Å²) in [7, 11) is 3.02. The third kappa shape index (κ3) is 5.13. The quantitative estimate of drug-likeness (QED) is 0.521. The minimum atomic E-state index is -0.970. The third-order valence-corrected chi connectivity index (χ3v) is 5.00. The van der Waals surface area contributed by atoms with Gasteiger partial charge in [-0.15, -0.1) is 0 Å². The molecule has 9 nitrogen and oxygen atoms in total. The van der Waals surface area contributed by atoms with Crippen LogP contribution < -0.4 is 20.1 Å². The van der Waals surface area contributed by atoms with Crippen LogP contribution in [0.4, 0.5) is 4.79 Å². The number of ether oxygens (including phenoxy) is 2. The van der Waals surface area contributed by atoms with Crippen molar-refractivity contribution in [1.82, 2.24) is 15.5 Å². The van der Waals surface area contributed by atoms with Gasteiger partial charge in [-0.1, -0.05) is 36.4 Å². The predicted octanol–water partition coefficient (Wildman–Crippen LogP) is 1.36. The average Bonchev–Trinajstić information content (AvgIpc) is 3.05. The van der Waals surface area contributed by atoms with Gasteiger partial charge in [0.25, 0.3) is 5.91 Å². The summed E-state index contributed by atoms with van der Waals surface area (Å²) in [5, 5.41) is 14.8. The van der Waals surface area contributed by atoms with E-state index in [1.54, 1.807) is 42.5 Å². The van der Waals surface area contributed by atoms with Gasteiger partial charge in [0.15, 0.2) is 11.5 Å². The lowest BCUT2D eigenvalue weighted by Gasteiger charge is -2.18. The summed E-state index contributed by atoms with van der Waals surface area (Å²) in [5.41, 5.74) is 1.42. The van der Waals surface area contributed by atoms with Gasteiger partial charge in [0.2, 0.25) is 5.91 Å². The fourth-order valence-electron chi connectivity index (χ4n) is 3.38. The molecule has 3 N–H and O–H groups in total. The molecule has 0 spiro atoms. The Bertz CT molecular complexity index is 950. The normalized spacial score (nSPS) is 16.6. The van der Waals surface area contributed by atoms with E-state index in [-0.39, 0.29) is 19.6 Å². The fraction of sp³-hybridized carbons (Fsp3) is 0.318. The Morgan fingerprint density at radius 3 is 2.48 bits per heavy atom. The van der Waals surface area contributed by atoms with Gasteiger partial charge in [-0.3, -0.25) is 14.5 Å². The number of hydrogen-bond donors (Lipinski definition) is 3. The highest BCUT2D eigenvalue weighted by Crippen LogP contribution is 2.28. The van der Waals surface area contributed by atoms with Gasteiger partial charge in [0, 0.05) is 0 Å². The van der Waals surface area contributed by atoms with Crippen molar-refractivity contribution in [3.05, 3.63) is 59.7 Å². The van der Waals surface area contributed by atoms with Crippen molar-refractivity contribution in [2.24, 2.45) is 0 Å². The maximum absolute atomic E-state index is 12.7. The van der Waals surface area contributed by atoms with Crippen LogP contribution in [-0.4, -0.2) is 54.7 Å². The second-order valence-corrected chi connectivity index (χ2v) is 7.03. The molecule has 0 aromatic heterocycles. The Kier molecular flexibility index (Phi) is 7.09. The molecule has 2 aromatic carbocycles. The summed E-state index contributed by atoms with van der Waals surface area (Å²) in [6.45, 7) is -0.251. The molecule has 1 aliphatic rings. The van der Waals surface area contributed by atoms with Crippen molar-refractivity contribution in [3.8, 4) is 11.5 Å². The summed E-state index contributed by atoms with van der Waals surface area (Å²) in [5.74, 6) is 0.0819. The van der Waals surface area contributed by atoms with Crippen LogP contribution in [-0.2, 0) is 16.1 Å². The Labute approximate surface area is 179 Å². The Morgan fingerprint density at radius 2 is 1.84 bits per heavy atom. The van der Waals surface area contributed by atoms with Gasteiger partial charge in [-0.05, 0) is 23.3 Å². The number of nitrogens with one attached hydrogen (secondary N) is 2. The molecule has 0 saturated carbocycles. The molecule has 2 aromatic rings. The van der Waals surface area contributed by atoms with Crippen molar-refractivity contribution in [1.29, 1.82) is 0 Å². The van der Waals surface area contributed by atoms with E-state index in [1.807, 2.05) is 6.07 Å². The summed E-state index contributed by atoms with van der Waals surface area (Å²) < 4.78 is 10.4. The van der Waals surface area contributed by atoms with E-state index in [0.29, 0.717) is 17.1 Å². The van der Waals surface area contributed by atoms with E-state index in [4.69, 9.17) is 9.47 Å². The van der Waals surface area contributed by atoms with Crippen LogP contribution in [0.5, 0.6) is 11.5 Å². The Hall–Kier alpha value is -3.59. The molecule has 31 heavy (non-hydrogen) atoms. The van der Waals surface area contributed by atoms with Gasteiger partial charge in [-0.25, -0.2) is 4.79 Å². The first-order valence-corrected chi connectivity index (χ1v) is 9.74. The molecule has 164 valence electrons. The van der Waals surface area contributed by atoms with Crippen molar-refractivity contribution in [2.45, 2.75) is 25.0 Å². The number of nitrogens with zero attached hydrogens (tertiary/aromatic N) is 1. The van der Waals surface area contributed by atoms with Crippen LogP contribution in [0.15, 0.2) is 48.5 Å². The van der Waals surface area contributed by atoms with Crippen LogP contribution in [0.3, 0.4) is 0 Å². The first-order chi connectivity index (χ1) is 15.0. The zero-order chi connectivity index (χ0) is 22.4. The summed E-state index contributed by atoms with van der Waals surface area (Å²) in [4.78, 5) is 38.5. The van der Waals surface area contributed by atoms with E-state index < -0.39 is 29.9 Å². The molecule has 1 fully saturated rings. The number of aliphatic hydroxyl groups excluding tert-OH is 1. The molecular formula is C22H25N3O6. The number of methoxy groups -OCH3 is 2. The molecule has 0 aliphatic carbocycles. The second-order valence-electron chi connectivity index (χ2n) is 7.03. The number of amides is 4. The lowest BCUT2D eigenvalue weighted by molar-refractivity contribution is -0.131. The number of carbonyl (C=O) groups is 3. The molecule has 9 heteroatoms. The number of aliphatic hydroxyl groups is 1. The first-order valence-electron chi connectivity index (χ1n) is 9.74. The SMILES string of the molecule is COc1ccc(CN2C(=O)N[C@@H](CC(=O)N[C@H](CO)c3ccccc3)C2=O)cc1OC. The number of urea groups is 1. The zero-order valence-corrected chi connectivity index (χ0v) is 17.3. The predicted molar refractivity (Wildman–Crippen MR) is 111 cm³/mol. The molecule has 3 rings (SSSR count). The average molecular weight is 427 g/mol. The van der Waals surface area contributed by atoms with E-state index >= 15 is 0 Å².